The molecule has 4 rings (SSSR count). The molecule has 0 radical (unpaired) electrons. The summed E-state index contributed by atoms with van der Waals surface area (Å²) in [4.78, 5) is 20.9. The number of fused-ring (bicyclic) bond motifs is 1. The van der Waals surface area contributed by atoms with E-state index in [1.807, 2.05) is 24.3 Å². The quantitative estimate of drug-likeness (QED) is 0.356. The van der Waals surface area contributed by atoms with Crippen molar-refractivity contribution in [3.63, 3.8) is 0 Å². The van der Waals surface area contributed by atoms with Crippen LogP contribution in [0.2, 0.25) is 0 Å². The van der Waals surface area contributed by atoms with E-state index in [4.69, 9.17) is 9.47 Å². The SMILES string of the molecule is C[C@H](Oc1ccc(Oc2ccc(C(F)(F)F)cc2)cc1)C(=O)NNc1cnc2ccccc2n1. The van der Waals surface area contributed by atoms with Gasteiger partial charge in [0.15, 0.2) is 11.9 Å². The number of hydrazine groups is 1. The lowest BCUT2D eigenvalue weighted by molar-refractivity contribution is -0.137. The molecule has 0 aliphatic rings. The van der Waals surface area contributed by atoms with Crippen molar-refractivity contribution in [2.45, 2.75) is 19.2 Å². The lowest BCUT2D eigenvalue weighted by Gasteiger charge is -2.16. The Labute approximate surface area is 192 Å². The number of anilines is 1. The van der Waals surface area contributed by atoms with Crippen LogP contribution in [0.15, 0.2) is 79.0 Å². The molecule has 34 heavy (non-hydrogen) atoms. The largest absolute Gasteiger partial charge is 0.481 e. The topological polar surface area (TPSA) is 85.4 Å². The smallest absolute Gasteiger partial charge is 0.416 e. The van der Waals surface area contributed by atoms with E-state index in [1.54, 1.807) is 31.2 Å². The van der Waals surface area contributed by atoms with E-state index in [-0.39, 0.29) is 5.75 Å². The minimum Gasteiger partial charge on any atom is -0.481 e. The molecule has 1 heterocycles. The summed E-state index contributed by atoms with van der Waals surface area (Å²) in [5, 5.41) is 0. The molecule has 174 valence electrons. The molecule has 4 aromatic rings. The Morgan fingerprint density at radius 2 is 1.47 bits per heavy atom. The number of carbonyl (C=O) groups excluding carboxylic acids is 1. The lowest BCUT2D eigenvalue weighted by Crippen LogP contribution is -2.39. The number of ether oxygens (including phenoxy) is 2. The van der Waals surface area contributed by atoms with Gasteiger partial charge in [-0.15, -0.1) is 0 Å². The van der Waals surface area contributed by atoms with Crippen molar-refractivity contribution in [1.29, 1.82) is 0 Å². The highest BCUT2D eigenvalue weighted by molar-refractivity contribution is 5.82. The molecule has 0 bridgehead atoms. The fourth-order valence-electron chi connectivity index (χ4n) is 2.94. The normalized spacial score (nSPS) is 12.1. The third-order valence-corrected chi connectivity index (χ3v) is 4.69. The second kappa shape index (κ2) is 9.65. The van der Waals surface area contributed by atoms with Crippen LogP contribution in [-0.4, -0.2) is 22.0 Å². The van der Waals surface area contributed by atoms with Crippen molar-refractivity contribution >= 4 is 22.8 Å². The zero-order valence-corrected chi connectivity index (χ0v) is 17.8. The molecule has 10 heteroatoms. The highest BCUT2D eigenvalue weighted by Crippen LogP contribution is 2.31. The molecule has 3 aromatic carbocycles. The lowest BCUT2D eigenvalue weighted by atomic mass is 10.2. The number of amides is 1. The van der Waals surface area contributed by atoms with Gasteiger partial charge in [-0.1, -0.05) is 12.1 Å². The molecule has 0 fully saturated rings. The first kappa shape index (κ1) is 22.8. The number of hydrogen-bond acceptors (Lipinski definition) is 6. The van der Waals surface area contributed by atoms with E-state index in [1.165, 1.54) is 18.3 Å². The van der Waals surface area contributed by atoms with E-state index in [2.05, 4.69) is 20.8 Å². The van der Waals surface area contributed by atoms with Gasteiger partial charge in [-0.2, -0.15) is 13.2 Å². The summed E-state index contributed by atoms with van der Waals surface area (Å²) in [6, 6.07) is 18.1. The number of nitrogens with zero attached hydrogens (tertiary/aromatic N) is 2. The number of alkyl halides is 3. The van der Waals surface area contributed by atoms with Crippen molar-refractivity contribution in [3.05, 3.63) is 84.6 Å². The van der Waals surface area contributed by atoms with E-state index in [0.29, 0.717) is 22.8 Å². The third kappa shape index (κ3) is 5.71. The van der Waals surface area contributed by atoms with Crippen LogP contribution in [0.1, 0.15) is 12.5 Å². The van der Waals surface area contributed by atoms with Gasteiger partial charge in [0, 0.05) is 0 Å². The minimum atomic E-state index is -4.40. The number of hydrogen-bond donors (Lipinski definition) is 2. The van der Waals surface area contributed by atoms with Crippen LogP contribution >= 0.6 is 0 Å². The number of benzene rings is 3. The first-order valence-corrected chi connectivity index (χ1v) is 10.2. The van der Waals surface area contributed by atoms with Crippen LogP contribution in [0.3, 0.4) is 0 Å². The number of nitrogens with one attached hydrogen (secondary N) is 2. The predicted molar refractivity (Wildman–Crippen MR) is 119 cm³/mol. The molecule has 1 amide bonds. The second-order valence-electron chi connectivity index (χ2n) is 7.21. The highest BCUT2D eigenvalue weighted by Gasteiger charge is 2.30. The summed E-state index contributed by atoms with van der Waals surface area (Å²) in [6.07, 6.45) is -3.73. The van der Waals surface area contributed by atoms with E-state index in [9.17, 15) is 18.0 Å². The van der Waals surface area contributed by atoms with Crippen molar-refractivity contribution in [2.24, 2.45) is 0 Å². The van der Waals surface area contributed by atoms with Gasteiger partial charge in [0.1, 0.15) is 17.2 Å². The number of halogens is 3. The van der Waals surface area contributed by atoms with Crippen molar-refractivity contribution < 1.29 is 27.4 Å². The summed E-state index contributed by atoms with van der Waals surface area (Å²) in [7, 11) is 0. The summed E-state index contributed by atoms with van der Waals surface area (Å²) < 4.78 is 49.1. The van der Waals surface area contributed by atoms with Crippen LogP contribution in [0.4, 0.5) is 19.0 Å². The highest BCUT2D eigenvalue weighted by atomic mass is 19.4. The maximum atomic E-state index is 12.7. The molecule has 0 aliphatic carbocycles. The van der Waals surface area contributed by atoms with Gasteiger partial charge in [0.05, 0.1) is 22.8 Å². The Kier molecular flexibility index (Phi) is 6.48. The van der Waals surface area contributed by atoms with Crippen molar-refractivity contribution in [2.75, 3.05) is 5.43 Å². The molecule has 0 spiro atoms. The van der Waals surface area contributed by atoms with Gasteiger partial charge in [0.25, 0.3) is 5.91 Å². The van der Waals surface area contributed by atoms with E-state index < -0.39 is 23.8 Å². The fourth-order valence-corrected chi connectivity index (χ4v) is 2.94. The van der Waals surface area contributed by atoms with Gasteiger partial charge in [-0.25, -0.2) is 4.98 Å². The zero-order chi connectivity index (χ0) is 24.1. The van der Waals surface area contributed by atoms with Crippen LogP contribution < -0.4 is 20.3 Å². The molecule has 0 saturated carbocycles. The van der Waals surface area contributed by atoms with Crippen LogP contribution in [0.5, 0.6) is 17.2 Å². The molecule has 0 unspecified atom stereocenters. The van der Waals surface area contributed by atoms with Crippen LogP contribution in [-0.2, 0) is 11.0 Å². The summed E-state index contributed by atoms with van der Waals surface area (Å²) in [5.74, 6) is 1.02. The molecule has 1 atom stereocenters. The van der Waals surface area contributed by atoms with E-state index >= 15 is 0 Å². The number of para-hydroxylation sites is 2. The summed E-state index contributed by atoms with van der Waals surface area (Å²) >= 11 is 0. The first-order chi connectivity index (χ1) is 16.3. The summed E-state index contributed by atoms with van der Waals surface area (Å²) in [6.45, 7) is 1.58. The Balaban J connectivity index is 1.29. The molecule has 2 N–H and O–H groups in total. The Bertz CT molecular complexity index is 1280. The first-order valence-electron chi connectivity index (χ1n) is 10.2. The van der Waals surface area contributed by atoms with Crippen molar-refractivity contribution in [1.82, 2.24) is 15.4 Å². The summed E-state index contributed by atoms with van der Waals surface area (Å²) in [5.41, 5.74) is 5.90. The standard InChI is InChI=1S/C24H19F3N4O3/c1-15(23(32)31-30-22-14-28-20-4-2-3-5-21(20)29-22)33-17-10-12-19(13-11-17)34-18-8-6-16(7-9-18)24(25,26)27/h2-15H,1H3,(H,29,30)(H,31,32)/t15-/m0/s1. The number of aromatic nitrogens is 2. The maximum absolute atomic E-state index is 12.7. The maximum Gasteiger partial charge on any atom is 0.416 e. The molecule has 0 aliphatic heterocycles. The molecule has 0 saturated heterocycles. The Morgan fingerprint density at radius 1 is 0.882 bits per heavy atom. The molecular weight excluding hydrogens is 449 g/mol. The third-order valence-electron chi connectivity index (χ3n) is 4.69. The van der Waals surface area contributed by atoms with Gasteiger partial charge in [-0.05, 0) is 67.6 Å². The predicted octanol–water partition coefficient (Wildman–Crippen LogP) is 5.35. The molecular formula is C24H19F3N4O3. The Morgan fingerprint density at radius 3 is 2.12 bits per heavy atom. The van der Waals surface area contributed by atoms with Crippen LogP contribution in [0.25, 0.3) is 11.0 Å². The Hall–Kier alpha value is -4.34. The second-order valence-corrected chi connectivity index (χ2v) is 7.21. The fraction of sp³-hybridized carbons (Fsp3) is 0.125. The zero-order valence-electron chi connectivity index (χ0n) is 17.8. The monoisotopic (exact) mass is 468 g/mol. The van der Waals surface area contributed by atoms with Gasteiger partial charge >= 0.3 is 6.18 Å². The van der Waals surface area contributed by atoms with Gasteiger partial charge < -0.3 is 9.47 Å². The van der Waals surface area contributed by atoms with Gasteiger partial charge in [0.2, 0.25) is 0 Å². The molecule has 7 nitrogen and oxygen atoms in total. The minimum absolute atomic E-state index is 0.261. The average molecular weight is 468 g/mol. The van der Waals surface area contributed by atoms with Crippen LogP contribution in [0, 0.1) is 0 Å². The number of rotatable bonds is 7. The molecule has 1 aromatic heterocycles. The van der Waals surface area contributed by atoms with E-state index in [0.717, 1.165) is 17.6 Å². The average Bonchev–Trinajstić information content (AvgIpc) is 2.83. The van der Waals surface area contributed by atoms with Crippen molar-refractivity contribution in [3.8, 4) is 17.2 Å². The van der Waals surface area contributed by atoms with Gasteiger partial charge in [-0.3, -0.25) is 20.6 Å². The number of carbonyl (C=O) groups is 1.